The molecule has 0 aliphatic rings. The summed E-state index contributed by atoms with van der Waals surface area (Å²) in [6, 6.07) is 11.8. The van der Waals surface area contributed by atoms with Crippen LogP contribution in [0.4, 0.5) is 24.7 Å². The number of halogens is 3. The molecule has 1 N–H and O–H groups in total. The number of aromatic nitrogens is 4. The van der Waals surface area contributed by atoms with Crippen molar-refractivity contribution in [2.24, 2.45) is 0 Å². The van der Waals surface area contributed by atoms with E-state index in [2.05, 4.69) is 20.3 Å². The SMILES string of the molecule is COc1ccc(Nc2cncc(-c3c(C(F)(F)F)nc4ccccn34)n2)cc1. The summed E-state index contributed by atoms with van der Waals surface area (Å²) >= 11 is 0. The van der Waals surface area contributed by atoms with Gasteiger partial charge in [0.15, 0.2) is 5.69 Å². The number of rotatable bonds is 4. The number of nitrogens with zero attached hydrogens (tertiary/aromatic N) is 4. The minimum Gasteiger partial charge on any atom is -0.497 e. The van der Waals surface area contributed by atoms with Gasteiger partial charge in [0.2, 0.25) is 0 Å². The number of imidazole rings is 1. The van der Waals surface area contributed by atoms with Gasteiger partial charge in [0, 0.05) is 11.9 Å². The number of alkyl halides is 3. The van der Waals surface area contributed by atoms with E-state index in [4.69, 9.17) is 4.74 Å². The maximum Gasteiger partial charge on any atom is 0.435 e. The Morgan fingerprint density at radius 1 is 1.00 bits per heavy atom. The lowest BCUT2D eigenvalue weighted by molar-refractivity contribution is -0.140. The molecule has 0 amide bonds. The Morgan fingerprint density at radius 2 is 1.79 bits per heavy atom. The molecule has 142 valence electrons. The first-order valence-electron chi connectivity index (χ1n) is 8.23. The van der Waals surface area contributed by atoms with Crippen molar-refractivity contribution in [2.45, 2.75) is 6.18 Å². The minimum absolute atomic E-state index is 0.0598. The molecule has 6 nitrogen and oxygen atoms in total. The fourth-order valence-corrected chi connectivity index (χ4v) is 2.80. The van der Waals surface area contributed by atoms with Gasteiger partial charge in [0.1, 0.15) is 28.6 Å². The fraction of sp³-hybridized carbons (Fsp3) is 0.105. The van der Waals surface area contributed by atoms with Gasteiger partial charge in [-0.3, -0.25) is 9.38 Å². The van der Waals surface area contributed by atoms with E-state index < -0.39 is 11.9 Å². The average Bonchev–Trinajstić information content (AvgIpc) is 3.09. The number of fused-ring (bicyclic) bond motifs is 1. The van der Waals surface area contributed by atoms with Gasteiger partial charge in [-0.15, -0.1) is 0 Å². The lowest BCUT2D eigenvalue weighted by atomic mass is 10.2. The zero-order valence-corrected chi connectivity index (χ0v) is 14.6. The lowest BCUT2D eigenvalue weighted by Crippen LogP contribution is -2.09. The predicted molar refractivity (Wildman–Crippen MR) is 97.5 cm³/mol. The van der Waals surface area contributed by atoms with E-state index in [-0.39, 0.29) is 17.0 Å². The van der Waals surface area contributed by atoms with Crippen LogP contribution < -0.4 is 10.1 Å². The number of hydrogen-bond donors (Lipinski definition) is 1. The van der Waals surface area contributed by atoms with Crippen LogP contribution >= 0.6 is 0 Å². The highest BCUT2D eigenvalue weighted by molar-refractivity contribution is 5.66. The van der Waals surface area contributed by atoms with E-state index in [1.807, 2.05) is 0 Å². The van der Waals surface area contributed by atoms with Gasteiger partial charge < -0.3 is 10.1 Å². The summed E-state index contributed by atoms with van der Waals surface area (Å²) in [5.41, 5.74) is -0.227. The topological polar surface area (TPSA) is 64.3 Å². The van der Waals surface area contributed by atoms with Crippen molar-refractivity contribution in [2.75, 3.05) is 12.4 Å². The molecule has 0 unspecified atom stereocenters. The Kier molecular flexibility index (Phi) is 4.34. The zero-order valence-electron chi connectivity index (χ0n) is 14.6. The number of hydrogen-bond acceptors (Lipinski definition) is 5. The van der Waals surface area contributed by atoms with Crippen LogP contribution in [-0.2, 0) is 6.18 Å². The van der Waals surface area contributed by atoms with Crippen molar-refractivity contribution in [1.29, 1.82) is 0 Å². The highest BCUT2D eigenvalue weighted by Crippen LogP contribution is 2.36. The quantitative estimate of drug-likeness (QED) is 0.558. The Labute approximate surface area is 157 Å². The number of ether oxygens (including phenoxy) is 1. The van der Waals surface area contributed by atoms with Crippen LogP contribution in [0.5, 0.6) is 5.75 Å². The third-order valence-corrected chi connectivity index (χ3v) is 4.04. The second-order valence-electron chi connectivity index (χ2n) is 5.88. The van der Waals surface area contributed by atoms with E-state index in [0.29, 0.717) is 17.3 Å². The molecule has 0 atom stereocenters. The van der Waals surface area contributed by atoms with Crippen LogP contribution in [0.3, 0.4) is 0 Å². The van der Waals surface area contributed by atoms with Gasteiger partial charge in [-0.2, -0.15) is 13.2 Å². The molecule has 4 rings (SSSR count). The van der Waals surface area contributed by atoms with Gasteiger partial charge in [0.05, 0.1) is 19.5 Å². The standard InChI is InChI=1S/C19H14F3N5O/c1-28-13-7-5-12(6-8-13)24-15-11-23-10-14(25-15)17-18(19(20,21)22)26-16-4-2-3-9-27(16)17/h2-11H,1H3,(H,24,25). The third-order valence-electron chi connectivity index (χ3n) is 4.04. The Morgan fingerprint density at radius 3 is 2.50 bits per heavy atom. The third kappa shape index (κ3) is 3.34. The molecule has 0 saturated heterocycles. The first-order valence-corrected chi connectivity index (χ1v) is 8.23. The molecule has 0 radical (unpaired) electrons. The van der Waals surface area contributed by atoms with E-state index >= 15 is 0 Å². The van der Waals surface area contributed by atoms with Crippen molar-refractivity contribution in [3.05, 3.63) is 66.7 Å². The van der Waals surface area contributed by atoms with Gasteiger partial charge in [-0.1, -0.05) is 6.07 Å². The summed E-state index contributed by atoms with van der Waals surface area (Å²) in [5, 5.41) is 3.02. The highest BCUT2D eigenvalue weighted by atomic mass is 19.4. The molecule has 0 bridgehead atoms. The minimum atomic E-state index is -4.62. The maximum atomic E-state index is 13.5. The molecule has 28 heavy (non-hydrogen) atoms. The monoisotopic (exact) mass is 385 g/mol. The normalized spacial score (nSPS) is 11.6. The number of pyridine rings is 1. The molecule has 0 aliphatic heterocycles. The highest BCUT2D eigenvalue weighted by Gasteiger charge is 2.38. The van der Waals surface area contributed by atoms with Crippen LogP contribution in [0.1, 0.15) is 5.69 Å². The smallest absolute Gasteiger partial charge is 0.435 e. The number of benzene rings is 1. The maximum absolute atomic E-state index is 13.5. The lowest BCUT2D eigenvalue weighted by Gasteiger charge is -2.10. The van der Waals surface area contributed by atoms with Crippen LogP contribution in [0.15, 0.2) is 61.1 Å². The summed E-state index contributed by atoms with van der Waals surface area (Å²) in [7, 11) is 1.56. The Balaban J connectivity index is 1.77. The number of anilines is 2. The summed E-state index contributed by atoms with van der Waals surface area (Å²) in [6.07, 6.45) is -0.393. The van der Waals surface area contributed by atoms with Crippen molar-refractivity contribution >= 4 is 17.2 Å². The van der Waals surface area contributed by atoms with Crippen LogP contribution in [0.25, 0.3) is 17.0 Å². The molecule has 3 aromatic heterocycles. The molecule has 4 aromatic rings. The zero-order chi connectivity index (χ0) is 19.7. The number of methoxy groups -OCH3 is 1. The average molecular weight is 385 g/mol. The van der Waals surface area contributed by atoms with Crippen LogP contribution in [0.2, 0.25) is 0 Å². The Bertz CT molecular complexity index is 1120. The van der Waals surface area contributed by atoms with Crippen LogP contribution in [0, 0.1) is 0 Å². The molecular formula is C19H14F3N5O. The molecule has 0 fully saturated rings. The molecular weight excluding hydrogens is 371 g/mol. The number of nitrogens with one attached hydrogen (secondary N) is 1. The summed E-state index contributed by atoms with van der Waals surface area (Å²) in [5.74, 6) is 0.993. The van der Waals surface area contributed by atoms with Crippen molar-refractivity contribution in [1.82, 2.24) is 19.4 Å². The van der Waals surface area contributed by atoms with Gasteiger partial charge >= 0.3 is 6.18 Å². The van der Waals surface area contributed by atoms with E-state index in [1.54, 1.807) is 43.5 Å². The first-order chi connectivity index (χ1) is 13.5. The van der Waals surface area contributed by atoms with E-state index in [0.717, 1.165) is 0 Å². The van der Waals surface area contributed by atoms with Crippen LogP contribution in [-0.4, -0.2) is 26.5 Å². The second-order valence-corrected chi connectivity index (χ2v) is 5.88. The molecule has 9 heteroatoms. The van der Waals surface area contributed by atoms with Crippen molar-refractivity contribution in [3.63, 3.8) is 0 Å². The summed E-state index contributed by atoms with van der Waals surface area (Å²) in [4.78, 5) is 12.1. The van der Waals surface area contributed by atoms with Gasteiger partial charge in [-0.05, 0) is 36.4 Å². The Hall–Kier alpha value is -3.62. The van der Waals surface area contributed by atoms with E-state index in [9.17, 15) is 13.2 Å². The van der Waals surface area contributed by atoms with Gasteiger partial charge in [0.25, 0.3) is 0 Å². The van der Waals surface area contributed by atoms with E-state index in [1.165, 1.54) is 29.1 Å². The second kappa shape index (κ2) is 6.84. The molecule has 1 aromatic carbocycles. The molecule has 0 spiro atoms. The molecule has 3 heterocycles. The largest absolute Gasteiger partial charge is 0.497 e. The predicted octanol–water partition coefficient (Wildman–Crippen LogP) is 4.56. The van der Waals surface area contributed by atoms with Crippen molar-refractivity contribution < 1.29 is 17.9 Å². The summed E-state index contributed by atoms with van der Waals surface area (Å²) in [6.45, 7) is 0. The van der Waals surface area contributed by atoms with Crippen molar-refractivity contribution in [3.8, 4) is 17.1 Å². The first kappa shape index (κ1) is 17.8. The van der Waals surface area contributed by atoms with Gasteiger partial charge in [-0.25, -0.2) is 9.97 Å². The molecule has 0 saturated carbocycles. The fourth-order valence-electron chi connectivity index (χ4n) is 2.80. The summed E-state index contributed by atoms with van der Waals surface area (Å²) < 4.78 is 47.1. The molecule has 0 aliphatic carbocycles.